The van der Waals surface area contributed by atoms with Crippen LogP contribution in [0.4, 0.5) is 0 Å². The van der Waals surface area contributed by atoms with Gasteiger partial charge in [-0.25, -0.2) is 0 Å². The molecule has 1 aromatic heterocycles. The Kier molecular flexibility index (Phi) is 6.68. The molecule has 0 fully saturated rings. The number of benzene rings is 1. The number of hydrogen-bond acceptors (Lipinski definition) is 2. The van der Waals surface area contributed by atoms with E-state index in [9.17, 15) is 0 Å². The lowest BCUT2D eigenvalue weighted by molar-refractivity contribution is 0.528. The molecule has 1 heterocycles. The number of hydrogen-bond donors (Lipinski definition) is 1. The number of nitrogens with one attached hydrogen (secondary N) is 1. The van der Waals surface area contributed by atoms with Crippen molar-refractivity contribution in [2.75, 3.05) is 6.54 Å². The molecule has 2 aromatic rings. The zero-order chi connectivity index (χ0) is 15.2. The predicted molar refractivity (Wildman–Crippen MR) is 95.8 cm³/mol. The lowest BCUT2D eigenvalue weighted by Gasteiger charge is -2.20. The summed E-state index contributed by atoms with van der Waals surface area (Å²) in [6, 6.07) is 8.32. The molecule has 0 bridgehead atoms. The Labute approximate surface area is 147 Å². The van der Waals surface area contributed by atoms with E-state index in [-0.39, 0.29) is 6.04 Å². The van der Waals surface area contributed by atoms with E-state index in [4.69, 9.17) is 11.6 Å². The summed E-state index contributed by atoms with van der Waals surface area (Å²) < 4.78 is 1.99. The molecule has 0 spiro atoms. The molecule has 5 heteroatoms. The number of pyridine rings is 1. The van der Waals surface area contributed by atoms with Crippen LogP contribution in [0, 0.1) is 0 Å². The van der Waals surface area contributed by atoms with Crippen LogP contribution in [0.25, 0.3) is 0 Å². The molecule has 2 nitrogen and oxygen atoms in total. The lowest BCUT2D eigenvalue weighted by atomic mass is 9.99. The van der Waals surface area contributed by atoms with Crippen molar-refractivity contribution >= 4 is 43.5 Å². The highest BCUT2D eigenvalue weighted by Crippen LogP contribution is 2.29. The minimum Gasteiger partial charge on any atom is -0.310 e. The van der Waals surface area contributed by atoms with Crippen molar-refractivity contribution in [1.82, 2.24) is 10.3 Å². The van der Waals surface area contributed by atoms with Gasteiger partial charge in [-0.3, -0.25) is 4.98 Å². The monoisotopic (exact) mass is 430 g/mol. The molecule has 0 amide bonds. The molecular weight excluding hydrogens is 415 g/mol. The Morgan fingerprint density at radius 2 is 2.00 bits per heavy atom. The van der Waals surface area contributed by atoms with Gasteiger partial charge in [-0.1, -0.05) is 40.5 Å². The molecule has 0 aliphatic carbocycles. The smallest absolute Gasteiger partial charge is 0.0465 e. The van der Waals surface area contributed by atoms with Crippen molar-refractivity contribution < 1.29 is 0 Å². The molecule has 0 saturated carbocycles. The van der Waals surface area contributed by atoms with Gasteiger partial charge < -0.3 is 5.32 Å². The summed E-state index contributed by atoms with van der Waals surface area (Å²) >= 11 is 13.3. The second kappa shape index (κ2) is 8.28. The van der Waals surface area contributed by atoms with Crippen LogP contribution in [0.2, 0.25) is 5.02 Å². The average molecular weight is 433 g/mol. The summed E-state index contributed by atoms with van der Waals surface area (Å²) in [5.41, 5.74) is 2.30. The largest absolute Gasteiger partial charge is 0.310 e. The number of rotatable bonds is 6. The summed E-state index contributed by atoms with van der Waals surface area (Å²) in [6.45, 7) is 3.12. The van der Waals surface area contributed by atoms with Gasteiger partial charge in [-0.05, 0) is 64.6 Å². The van der Waals surface area contributed by atoms with Gasteiger partial charge in [-0.2, -0.15) is 0 Å². The maximum absolute atomic E-state index is 6.41. The van der Waals surface area contributed by atoms with Crippen molar-refractivity contribution in [1.29, 1.82) is 0 Å². The highest BCUT2D eigenvalue weighted by atomic mass is 79.9. The van der Waals surface area contributed by atoms with Gasteiger partial charge >= 0.3 is 0 Å². The Balaban J connectivity index is 2.25. The molecule has 1 aromatic carbocycles. The minimum absolute atomic E-state index is 0.182. The maximum Gasteiger partial charge on any atom is 0.0465 e. The summed E-state index contributed by atoms with van der Waals surface area (Å²) in [7, 11) is 0. The van der Waals surface area contributed by atoms with Gasteiger partial charge in [0.05, 0.1) is 0 Å². The zero-order valence-electron chi connectivity index (χ0n) is 11.7. The Hall–Kier alpha value is -0.420. The van der Waals surface area contributed by atoms with E-state index < -0.39 is 0 Å². The topological polar surface area (TPSA) is 24.9 Å². The van der Waals surface area contributed by atoms with Crippen LogP contribution in [0.3, 0.4) is 0 Å². The fourth-order valence-corrected chi connectivity index (χ4v) is 3.42. The molecule has 112 valence electrons. The predicted octanol–water partition coefficient (Wildman–Crippen LogP) is 5.54. The summed E-state index contributed by atoms with van der Waals surface area (Å²) in [5.74, 6) is 0. The fraction of sp³-hybridized carbons (Fsp3) is 0.312. The first-order valence-corrected chi connectivity index (χ1v) is 8.84. The molecule has 0 aliphatic heterocycles. The van der Waals surface area contributed by atoms with Gasteiger partial charge in [0.1, 0.15) is 0 Å². The van der Waals surface area contributed by atoms with Crippen molar-refractivity contribution in [3.05, 3.63) is 61.8 Å². The van der Waals surface area contributed by atoms with Crippen LogP contribution in [0.5, 0.6) is 0 Å². The molecule has 0 radical (unpaired) electrons. The van der Waals surface area contributed by atoms with Gasteiger partial charge in [0.25, 0.3) is 0 Å². The standard InChI is InChI=1S/C16H17Br2ClN2/c1-2-5-21-16(7-11-6-13(18)10-20-9-11)14-4-3-12(17)8-15(14)19/h3-4,6,8-10,16,21H,2,5,7H2,1H3. The van der Waals surface area contributed by atoms with Crippen molar-refractivity contribution in [2.24, 2.45) is 0 Å². The van der Waals surface area contributed by atoms with E-state index in [0.717, 1.165) is 38.9 Å². The molecule has 1 unspecified atom stereocenters. The van der Waals surface area contributed by atoms with Crippen LogP contribution >= 0.6 is 43.5 Å². The van der Waals surface area contributed by atoms with E-state index in [1.54, 1.807) is 6.20 Å². The fourth-order valence-electron chi connectivity index (χ4n) is 2.20. The average Bonchev–Trinajstić information content (AvgIpc) is 2.44. The first kappa shape index (κ1) is 16.9. The molecule has 2 rings (SSSR count). The second-order valence-electron chi connectivity index (χ2n) is 4.89. The van der Waals surface area contributed by atoms with Crippen LogP contribution in [0.1, 0.15) is 30.5 Å². The highest BCUT2D eigenvalue weighted by Gasteiger charge is 2.15. The third-order valence-corrected chi connectivity index (χ3v) is 4.43. The molecule has 1 N–H and O–H groups in total. The van der Waals surface area contributed by atoms with Crippen LogP contribution in [-0.4, -0.2) is 11.5 Å². The van der Waals surface area contributed by atoms with Crippen LogP contribution < -0.4 is 5.32 Å². The summed E-state index contributed by atoms with van der Waals surface area (Å²) in [6.07, 6.45) is 5.64. The zero-order valence-corrected chi connectivity index (χ0v) is 15.7. The third kappa shape index (κ3) is 5.06. The summed E-state index contributed by atoms with van der Waals surface area (Å²) in [5, 5.41) is 4.35. The molecular formula is C16H17Br2ClN2. The third-order valence-electron chi connectivity index (χ3n) is 3.18. The first-order valence-electron chi connectivity index (χ1n) is 6.88. The van der Waals surface area contributed by atoms with E-state index in [1.165, 1.54) is 5.56 Å². The normalized spacial score (nSPS) is 12.4. The molecule has 1 atom stereocenters. The first-order chi connectivity index (χ1) is 10.1. The number of halogens is 3. The van der Waals surface area contributed by atoms with Gasteiger partial charge in [0, 0.05) is 32.4 Å². The van der Waals surface area contributed by atoms with E-state index in [0.29, 0.717) is 0 Å². The quantitative estimate of drug-likeness (QED) is 0.648. The van der Waals surface area contributed by atoms with Crippen molar-refractivity contribution in [2.45, 2.75) is 25.8 Å². The Bertz CT molecular complexity index is 605. The Morgan fingerprint density at radius 1 is 1.19 bits per heavy atom. The van der Waals surface area contributed by atoms with Gasteiger partial charge in [0.15, 0.2) is 0 Å². The Morgan fingerprint density at radius 3 is 2.67 bits per heavy atom. The number of aromatic nitrogens is 1. The highest BCUT2D eigenvalue weighted by molar-refractivity contribution is 9.10. The molecule has 21 heavy (non-hydrogen) atoms. The van der Waals surface area contributed by atoms with Crippen molar-refractivity contribution in [3.63, 3.8) is 0 Å². The lowest BCUT2D eigenvalue weighted by Crippen LogP contribution is -2.24. The molecule has 0 aliphatic rings. The van der Waals surface area contributed by atoms with Crippen molar-refractivity contribution in [3.8, 4) is 0 Å². The molecule has 0 saturated heterocycles. The second-order valence-corrected chi connectivity index (χ2v) is 7.13. The van der Waals surface area contributed by atoms with Gasteiger partial charge in [-0.15, -0.1) is 0 Å². The van der Waals surface area contributed by atoms with Crippen LogP contribution in [0.15, 0.2) is 45.6 Å². The maximum atomic E-state index is 6.41. The van der Waals surface area contributed by atoms with E-state index in [1.807, 2.05) is 18.3 Å². The number of nitrogens with zero attached hydrogens (tertiary/aromatic N) is 1. The van der Waals surface area contributed by atoms with Gasteiger partial charge in [0.2, 0.25) is 0 Å². The van der Waals surface area contributed by atoms with Crippen LogP contribution in [-0.2, 0) is 6.42 Å². The minimum atomic E-state index is 0.182. The summed E-state index contributed by atoms with van der Waals surface area (Å²) in [4.78, 5) is 4.23. The van der Waals surface area contributed by atoms with E-state index in [2.05, 4.69) is 61.2 Å². The SMILES string of the molecule is CCCNC(Cc1cncc(Br)c1)c1ccc(Br)cc1Cl. The van der Waals surface area contributed by atoms with E-state index >= 15 is 0 Å².